The topological polar surface area (TPSA) is 46.2 Å². The molecule has 0 radical (unpaired) electrons. The maximum absolute atomic E-state index is 8.81. The van der Waals surface area contributed by atoms with Crippen LogP contribution in [0.25, 0.3) is 0 Å². The van der Waals surface area contributed by atoms with E-state index in [-0.39, 0.29) is 12.6 Å². The Kier molecular flexibility index (Phi) is 4.04. The number of nitrogens with two attached hydrogens (primary N) is 1. The third kappa shape index (κ3) is 3.01. The van der Waals surface area contributed by atoms with Gasteiger partial charge in [0.05, 0.1) is 12.6 Å². The van der Waals surface area contributed by atoms with Crippen molar-refractivity contribution in [2.24, 2.45) is 5.73 Å². The largest absolute Gasteiger partial charge is 0.394 e. The van der Waals surface area contributed by atoms with E-state index in [2.05, 4.69) is 0 Å². The van der Waals surface area contributed by atoms with Gasteiger partial charge in [0.1, 0.15) is 0 Å². The number of hydrogen-bond donors (Lipinski definition) is 2. The zero-order chi connectivity index (χ0) is 10.8. The second-order valence-corrected chi connectivity index (χ2v) is 5.19. The standard InChI is InChI=1S/C9H10Cl3NO/c10-9(11,12)7-3-1-6(2-4-7)8(13)5-14/h1-4,8,14H,5,13H2. The van der Waals surface area contributed by atoms with Crippen LogP contribution in [0.2, 0.25) is 0 Å². The Morgan fingerprint density at radius 3 is 2.07 bits per heavy atom. The molecule has 0 aliphatic carbocycles. The predicted molar refractivity (Wildman–Crippen MR) is 59.7 cm³/mol. The van der Waals surface area contributed by atoms with Crippen molar-refractivity contribution in [2.75, 3.05) is 6.61 Å². The van der Waals surface area contributed by atoms with Crippen molar-refractivity contribution in [1.82, 2.24) is 0 Å². The SMILES string of the molecule is NC(CO)c1ccc(C(Cl)(Cl)Cl)cc1. The van der Waals surface area contributed by atoms with Crippen LogP contribution in [-0.2, 0) is 3.79 Å². The summed E-state index contributed by atoms with van der Waals surface area (Å²) in [6.45, 7) is -0.104. The maximum Gasteiger partial charge on any atom is 0.216 e. The summed E-state index contributed by atoms with van der Waals surface area (Å²) in [5.41, 5.74) is 7.00. The van der Waals surface area contributed by atoms with Gasteiger partial charge in [0.15, 0.2) is 0 Å². The lowest BCUT2D eigenvalue weighted by molar-refractivity contribution is 0.268. The molecule has 0 heterocycles. The van der Waals surface area contributed by atoms with Gasteiger partial charge in [0, 0.05) is 5.56 Å². The first-order chi connectivity index (χ1) is 6.45. The Hall–Kier alpha value is 0.01000. The summed E-state index contributed by atoms with van der Waals surface area (Å²) in [4.78, 5) is 0. The van der Waals surface area contributed by atoms with Crippen LogP contribution in [0.4, 0.5) is 0 Å². The summed E-state index contributed by atoms with van der Waals surface area (Å²) in [7, 11) is 0. The first-order valence-electron chi connectivity index (χ1n) is 3.98. The van der Waals surface area contributed by atoms with Gasteiger partial charge in [-0.15, -0.1) is 0 Å². The highest BCUT2D eigenvalue weighted by molar-refractivity contribution is 6.66. The molecule has 0 amide bonds. The number of aliphatic hydroxyl groups excluding tert-OH is 1. The van der Waals surface area contributed by atoms with Crippen molar-refractivity contribution in [3.05, 3.63) is 35.4 Å². The molecule has 3 N–H and O–H groups in total. The first kappa shape index (κ1) is 12.1. The third-order valence-corrected chi connectivity index (χ3v) is 2.52. The fraction of sp³-hybridized carbons (Fsp3) is 0.333. The third-order valence-electron chi connectivity index (χ3n) is 1.86. The van der Waals surface area contributed by atoms with Gasteiger partial charge in [-0.3, -0.25) is 0 Å². The lowest BCUT2D eigenvalue weighted by atomic mass is 10.1. The summed E-state index contributed by atoms with van der Waals surface area (Å²) in [5.74, 6) is 0. The second kappa shape index (κ2) is 4.69. The Balaban J connectivity index is 2.89. The lowest BCUT2D eigenvalue weighted by Gasteiger charge is -2.13. The summed E-state index contributed by atoms with van der Waals surface area (Å²) < 4.78 is -1.41. The highest BCUT2D eigenvalue weighted by Crippen LogP contribution is 2.38. The quantitative estimate of drug-likeness (QED) is 0.797. The zero-order valence-electron chi connectivity index (χ0n) is 7.25. The molecule has 0 saturated carbocycles. The highest BCUT2D eigenvalue weighted by atomic mass is 35.6. The summed E-state index contributed by atoms with van der Waals surface area (Å²) in [6, 6.07) is 6.44. The van der Waals surface area contributed by atoms with E-state index in [4.69, 9.17) is 45.6 Å². The van der Waals surface area contributed by atoms with Crippen molar-refractivity contribution in [3.8, 4) is 0 Å². The Labute approximate surface area is 97.6 Å². The number of halogens is 3. The van der Waals surface area contributed by atoms with Crippen LogP contribution >= 0.6 is 34.8 Å². The molecule has 0 aliphatic rings. The van der Waals surface area contributed by atoms with E-state index in [0.29, 0.717) is 5.56 Å². The van der Waals surface area contributed by atoms with Crippen LogP contribution in [0.1, 0.15) is 17.2 Å². The minimum atomic E-state index is -1.41. The van der Waals surface area contributed by atoms with Gasteiger partial charge < -0.3 is 10.8 Å². The summed E-state index contributed by atoms with van der Waals surface area (Å²) in [5, 5.41) is 8.81. The molecule has 1 rings (SSSR count). The van der Waals surface area contributed by atoms with Crippen LogP contribution in [-0.4, -0.2) is 11.7 Å². The fourth-order valence-electron chi connectivity index (χ4n) is 1.02. The molecule has 78 valence electrons. The Morgan fingerprint density at radius 2 is 1.71 bits per heavy atom. The molecule has 2 nitrogen and oxygen atoms in total. The summed E-state index contributed by atoms with van der Waals surface area (Å²) >= 11 is 17.0. The van der Waals surface area contributed by atoms with E-state index in [1.54, 1.807) is 24.3 Å². The van der Waals surface area contributed by atoms with Crippen molar-refractivity contribution in [1.29, 1.82) is 0 Å². The summed E-state index contributed by atoms with van der Waals surface area (Å²) in [6.07, 6.45) is 0. The van der Waals surface area contributed by atoms with Gasteiger partial charge in [-0.2, -0.15) is 0 Å². The van der Waals surface area contributed by atoms with Gasteiger partial charge in [-0.25, -0.2) is 0 Å². The minimum Gasteiger partial charge on any atom is -0.394 e. The second-order valence-electron chi connectivity index (χ2n) is 2.91. The minimum absolute atomic E-state index is 0.104. The molecule has 14 heavy (non-hydrogen) atoms. The molecule has 1 aromatic carbocycles. The van der Waals surface area contributed by atoms with E-state index in [9.17, 15) is 0 Å². The van der Waals surface area contributed by atoms with Gasteiger partial charge >= 0.3 is 0 Å². The molecular weight excluding hydrogens is 244 g/mol. The van der Waals surface area contributed by atoms with Gasteiger partial charge in [0.2, 0.25) is 3.79 Å². The van der Waals surface area contributed by atoms with Crippen LogP contribution in [0.3, 0.4) is 0 Å². The van der Waals surface area contributed by atoms with E-state index in [0.717, 1.165) is 5.56 Å². The molecule has 0 fully saturated rings. The molecule has 1 unspecified atom stereocenters. The monoisotopic (exact) mass is 253 g/mol. The van der Waals surface area contributed by atoms with E-state index >= 15 is 0 Å². The molecule has 0 spiro atoms. The first-order valence-corrected chi connectivity index (χ1v) is 5.12. The number of rotatable bonds is 2. The molecule has 0 bridgehead atoms. The molecular formula is C9H10Cl3NO. The van der Waals surface area contributed by atoms with E-state index in [1.807, 2.05) is 0 Å². The number of alkyl halides is 3. The average molecular weight is 255 g/mol. The van der Waals surface area contributed by atoms with Gasteiger partial charge in [0.25, 0.3) is 0 Å². The fourth-order valence-corrected chi connectivity index (χ4v) is 1.40. The average Bonchev–Trinajstić information content (AvgIpc) is 2.15. The van der Waals surface area contributed by atoms with Crippen molar-refractivity contribution in [2.45, 2.75) is 9.83 Å². The van der Waals surface area contributed by atoms with Gasteiger partial charge in [-0.1, -0.05) is 59.1 Å². The van der Waals surface area contributed by atoms with Crippen molar-refractivity contribution >= 4 is 34.8 Å². The van der Waals surface area contributed by atoms with Crippen LogP contribution in [0, 0.1) is 0 Å². The normalized spacial score (nSPS) is 14.1. The lowest BCUT2D eigenvalue weighted by Crippen LogP contribution is -2.14. The zero-order valence-corrected chi connectivity index (χ0v) is 9.52. The number of aliphatic hydroxyl groups is 1. The molecule has 1 aromatic rings. The van der Waals surface area contributed by atoms with Crippen molar-refractivity contribution in [3.63, 3.8) is 0 Å². The number of hydrogen-bond acceptors (Lipinski definition) is 2. The van der Waals surface area contributed by atoms with E-state index in [1.165, 1.54) is 0 Å². The Bertz CT molecular complexity index is 294. The molecule has 0 aliphatic heterocycles. The molecule has 5 heteroatoms. The van der Waals surface area contributed by atoms with Crippen LogP contribution in [0.5, 0.6) is 0 Å². The van der Waals surface area contributed by atoms with E-state index < -0.39 is 3.79 Å². The molecule has 1 atom stereocenters. The molecule has 0 aromatic heterocycles. The van der Waals surface area contributed by atoms with Crippen molar-refractivity contribution < 1.29 is 5.11 Å². The van der Waals surface area contributed by atoms with Gasteiger partial charge in [-0.05, 0) is 5.56 Å². The van der Waals surface area contributed by atoms with Crippen LogP contribution < -0.4 is 5.73 Å². The maximum atomic E-state index is 8.81. The smallest absolute Gasteiger partial charge is 0.216 e. The predicted octanol–water partition coefficient (Wildman–Crippen LogP) is 2.51. The Morgan fingerprint density at radius 1 is 1.21 bits per heavy atom. The highest BCUT2D eigenvalue weighted by Gasteiger charge is 2.22. The molecule has 0 saturated heterocycles. The number of benzene rings is 1. The van der Waals surface area contributed by atoms with Crippen LogP contribution in [0.15, 0.2) is 24.3 Å².